The SMILES string of the molecule is C=C(C)CN=C(NCCn1cnnc1CC)NC(C)c1cc(C)ccc1OC.I. The van der Waals surface area contributed by atoms with E-state index in [1.807, 2.05) is 19.1 Å². The quantitative estimate of drug-likeness (QED) is 0.232. The summed E-state index contributed by atoms with van der Waals surface area (Å²) < 4.78 is 7.58. The molecule has 0 bridgehead atoms. The number of nitrogens with one attached hydrogen (secondary N) is 2. The first-order valence-corrected chi connectivity index (χ1v) is 9.65. The van der Waals surface area contributed by atoms with Crippen molar-refractivity contribution in [2.75, 3.05) is 20.2 Å². The highest BCUT2D eigenvalue weighted by Crippen LogP contribution is 2.25. The van der Waals surface area contributed by atoms with Crippen LogP contribution in [-0.2, 0) is 13.0 Å². The van der Waals surface area contributed by atoms with Gasteiger partial charge in [0.05, 0.1) is 19.7 Å². The van der Waals surface area contributed by atoms with Gasteiger partial charge in [-0.3, -0.25) is 0 Å². The zero-order chi connectivity index (χ0) is 20.5. The first-order valence-electron chi connectivity index (χ1n) is 9.65. The summed E-state index contributed by atoms with van der Waals surface area (Å²) in [4.78, 5) is 4.64. The third kappa shape index (κ3) is 7.68. The predicted molar refractivity (Wildman–Crippen MR) is 129 cm³/mol. The number of aryl methyl sites for hydroxylation is 2. The summed E-state index contributed by atoms with van der Waals surface area (Å²) in [7, 11) is 1.69. The Kier molecular flexibility index (Phi) is 10.7. The molecule has 0 spiro atoms. The first kappa shape index (κ1) is 24.9. The van der Waals surface area contributed by atoms with Gasteiger partial charge >= 0.3 is 0 Å². The number of aliphatic imine (C=N–C) groups is 1. The van der Waals surface area contributed by atoms with Crippen LogP contribution in [0.5, 0.6) is 5.75 Å². The molecule has 0 amide bonds. The number of guanidine groups is 1. The molecule has 2 aromatic rings. The number of benzene rings is 1. The van der Waals surface area contributed by atoms with Gasteiger partial charge in [0, 0.05) is 25.1 Å². The van der Waals surface area contributed by atoms with Gasteiger partial charge < -0.3 is 19.9 Å². The zero-order valence-corrected chi connectivity index (χ0v) is 20.4. The molecule has 1 aromatic heterocycles. The summed E-state index contributed by atoms with van der Waals surface area (Å²) in [6, 6.07) is 6.22. The molecule has 2 rings (SSSR count). The highest BCUT2D eigenvalue weighted by molar-refractivity contribution is 14.0. The summed E-state index contributed by atoms with van der Waals surface area (Å²) in [6.07, 6.45) is 2.62. The molecule has 8 heteroatoms. The molecular weight excluding hydrogens is 479 g/mol. The molecule has 29 heavy (non-hydrogen) atoms. The fourth-order valence-electron chi connectivity index (χ4n) is 2.88. The van der Waals surface area contributed by atoms with Gasteiger partial charge in [-0.15, -0.1) is 34.2 Å². The summed E-state index contributed by atoms with van der Waals surface area (Å²) in [5.74, 6) is 2.58. The fourth-order valence-corrected chi connectivity index (χ4v) is 2.88. The molecule has 0 saturated heterocycles. The maximum Gasteiger partial charge on any atom is 0.192 e. The average Bonchev–Trinajstić information content (AvgIpc) is 3.13. The lowest BCUT2D eigenvalue weighted by Gasteiger charge is -2.21. The molecule has 2 N–H and O–H groups in total. The molecule has 0 aliphatic heterocycles. The average molecular weight is 512 g/mol. The minimum atomic E-state index is 0. The molecule has 1 atom stereocenters. The molecule has 1 unspecified atom stereocenters. The molecule has 7 nitrogen and oxygen atoms in total. The molecule has 0 aliphatic rings. The fraction of sp³-hybridized carbons (Fsp3) is 0.476. The maximum absolute atomic E-state index is 5.53. The Morgan fingerprint density at radius 1 is 1.38 bits per heavy atom. The summed E-state index contributed by atoms with van der Waals surface area (Å²) in [5.41, 5.74) is 3.30. The summed E-state index contributed by atoms with van der Waals surface area (Å²) in [6.45, 7) is 14.2. The minimum Gasteiger partial charge on any atom is -0.496 e. The van der Waals surface area contributed by atoms with Crippen LogP contribution < -0.4 is 15.4 Å². The van der Waals surface area contributed by atoms with Gasteiger partial charge in [-0.25, -0.2) is 4.99 Å². The van der Waals surface area contributed by atoms with E-state index in [1.54, 1.807) is 13.4 Å². The molecule has 160 valence electrons. The Hall–Kier alpha value is -2.10. The predicted octanol–water partition coefficient (Wildman–Crippen LogP) is 3.65. The molecule has 0 saturated carbocycles. The summed E-state index contributed by atoms with van der Waals surface area (Å²) in [5, 5.41) is 15.0. The number of ether oxygens (including phenoxy) is 1. The largest absolute Gasteiger partial charge is 0.496 e. The lowest BCUT2D eigenvalue weighted by Crippen LogP contribution is -2.40. The van der Waals surface area contributed by atoms with Crippen LogP contribution in [0.2, 0.25) is 0 Å². The number of rotatable bonds is 9. The smallest absolute Gasteiger partial charge is 0.192 e. The standard InChI is InChI=1S/C21H32N6O.HI/c1-7-20-26-24-14-27(20)11-10-22-21(23-13-15(2)3)25-17(5)18-12-16(4)8-9-19(18)28-6;/h8-9,12,14,17H,2,7,10-11,13H2,1,3-6H3,(H2,22,23,25);1H. The number of nitrogens with zero attached hydrogens (tertiary/aromatic N) is 4. The number of methoxy groups -OCH3 is 1. The molecule has 0 fully saturated rings. The van der Waals surface area contributed by atoms with E-state index in [9.17, 15) is 0 Å². The van der Waals surface area contributed by atoms with Gasteiger partial charge in [0.25, 0.3) is 0 Å². The van der Waals surface area contributed by atoms with Crippen LogP contribution in [0.1, 0.15) is 43.8 Å². The first-order chi connectivity index (χ1) is 13.4. The van der Waals surface area contributed by atoms with Gasteiger partial charge in [-0.1, -0.05) is 36.8 Å². The van der Waals surface area contributed by atoms with Crippen LogP contribution in [0.25, 0.3) is 0 Å². The lowest BCUT2D eigenvalue weighted by molar-refractivity contribution is 0.405. The van der Waals surface area contributed by atoms with E-state index in [0.29, 0.717) is 13.1 Å². The number of hydrogen-bond donors (Lipinski definition) is 2. The number of halogens is 1. The van der Waals surface area contributed by atoms with E-state index >= 15 is 0 Å². The van der Waals surface area contributed by atoms with Gasteiger partial charge in [-0.2, -0.15) is 0 Å². The van der Waals surface area contributed by atoms with Crippen molar-refractivity contribution in [2.24, 2.45) is 4.99 Å². The highest BCUT2D eigenvalue weighted by Gasteiger charge is 2.13. The van der Waals surface area contributed by atoms with Crippen molar-refractivity contribution in [2.45, 2.75) is 46.7 Å². The van der Waals surface area contributed by atoms with Gasteiger partial charge in [0.2, 0.25) is 0 Å². The van der Waals surface area contributed by atoms with E-state index in [-0.39, 0.29) is 30.0 Å². The van der Waals surface area contributed by atoms with Gasteiger partial charge in [0.15, 0.2) is 5.96 Å². The highest BCUT2D eigenvalue weighted by atomic mass is 127. The Bertz CT molecular complexity index is 817. The zero-order valence-electron chi connectivity index (χ0n) is 18.0. The van der Waals surface area contributed by atoms with Crippen LogP contribution in [0, 0.1) is 6.92 Å². The Morgan fingerprint density at radius 3 is 2.79 bits per heavy atom. The number of hydrogen-bond acceptors (Lipinski definition) is 4. The molecule has 0 aliphatic carbocycles. The topological polar surface area (TPSA) is 76.4 Å². The van der Waals surface area contributed by atoms with Gasteiger partial charge in [0.1, 0.15) is 17.9 Å². The van der Waals surface area contributed by atoms with Gasteiger partial charge in [-0.05, 0) is 26.8 Å². The van der Waals surface area contributed by atoms with E-state index < -0.39 is 0 Å². The van der Waals surface area contributed by atoms with Crippen LogP contribution in [0.15, 0.2) is 41.7 Å². The molecule has 0 radical (unpaired) electrons. The van der Waals surface area contributed by atoms with Crippen LogP contribution in [-0.4, -0.2) is 40.9 Å². The van der Waals surface area contributed by atoms with Crippen LogP contribution >= 0.6 is 24.0 Å². The second-order valence-corrected chi connectivity index (χ2v) is 6.95. The van der Waals surface area contributed by atoms with Crippen molar-refractivity contribution in [1.29, 1.82) is 0 Å². The van der Waals surface area contributed by atoms with Crippen molar-refractivity contribution in [3.05, 3.63) is 53.6 Å². The Morgan fingerprint density at radius 2 is 2.14 bits per heavy atom. The number of aromatic nitrogens is 3. The molecule has 1 aromatic carbocycles. The maximum atomic E-state index is 5.53. The molecular formula is C21H33IN6O. The van der Waals surface area contributed by atoms with E-state index in [1.165, 1.54) is 5.56 Å². The van der Waals surface area contributed by atoms with Crippen LogP contribution in [0.3, 0.4) is 0 Å². The summed E-state index contributed by atoms with van der Waals surface area (Å²) >= 11 is 0. The lowest BCUT2D eigenvalue weighted by atomic mass is 10.0. The van der Waals surface area contributed by atoms with E-state index in [4.69, 9.17) is 4.74 Å². The van der Waals surface area contributed by atoms with Crippen molar-refractivity contribution in [3.8, 4) is 5.75 Å². The van der Waals surface area contributed by atoms with Crippen molar-refractivity contribution < 1.29 is 4.74 Å². The Labute approximate surface area is 191 Å². The van der Waals surface area contributed by atoms with Crippen molar-refractivity contribution in [1.82, 2.24) is 25.4 Å². The monoisotopic (exact) mass is 512 g/mol. The van der Waals surface area contributed by atoms with Crippen LogP contribution in [0.4, 0.5) is 0 Å². The van der Waals surface area contributed by atoms with Crippen molar-refractivity contribution in [3.63, 3.8) is 0 Å². The Balaban J connectivity index is 0.00000420. The second kappa shape index (κ2) is 12.5. The van der Waals surface area contributed by atoms with E-state index in [2.05, 4.69) is 63.8 Å². The second-order valence-electron chi connectivity index (χ2n) is 6.95. The third-order valence-corrected chi connectivity index (χ3v) is 4.37. The molecule has 1 heterocycles. The minimum absolute atomic E-state index is 0. The third-order valence-electron chi connectivity index (χ3n) is 4.37. The van der Waals surface area contributed by atoms with E-state index in [0.717, 1.165) is 41.6 Å². The van der Waals surface area contributed by atoms with Crippen molar-refractivity contribution >= 4 is 29.9 Å². The normalized spacial score (nSPS) is 12.1.